The normalized spacial score (nSPS) is 30.2. The summed E-state index contributed by atoms with van der Waals surface area (Å²) in [6.07, 6.45) is -1.24. The molecule has 2 saturated heterocycles. The van der Waals surface area contributed by atoms with Gasteiger partial charge in [-0.15, -0.1) is 0 Å². The number of hydrogen-bond acceptors (Lipinski definition) is 9. The Kier molecular flexibility index (Phi) is 7.42. The summed E-state index contributed by atoms with van der Waals surface area (Å²) in [5.41, 5.74) is 1.60. The summed E-state index contributed by atoms with van der Waals surface area (Å²) >= 11 is 0. The van der Waals surface area contributed by atoms with E-state index in [1.54, 1.807) is 25.5 Å². The third kappa shape index (κ3) is 5.78. The topological polar surface area (TPSA) is 102 Å². The summed E-state index contributed by atoms with van der Waals surface area (Å²) in [4.78, 5) is 4.59. The second kappa shape index (κ2) is 10.3. The minimum atomic E-state index is -3.84. The van der Waals surface area contributed by atoms with Gasteiger partial charge in [0.15, 0.2) is 12.6 Å². The van der Waals surface area contributed by atoms with Crippen LogP contribution < -0.4 is 4.74 Å². The quantitative estimate of drug-likeness (QED) is 0.442. The molecule has 0 amide bonds. The fourth-order valence-corrected chi connectivity index (χ4v) is 4.49. The molecule has 33 heavy (non-hydrogen) atoms. The predicted octanol–water partition coefficient (Wildman–Crippen LogP) is 2.31. The van der Waals surface area contributed by atoms with Crippen molar-refractivity contribution in [2.45, 2.75) is 36.9 Å². The van der Waals surface area contributed by atoms with E-state index < -0.39 is 47.1 Å². The van der Waals surface area contributed by atoms with E-state index in [0.717, 1.165) is 17.4 Å². The van der Waals surface area contributed by atoms with Crippen LogP contribution in [0.15, 0.2) is 59.6 Å². The highest BCUT2D eigenvalue weighted by molar-refractivity contribution is 7.86. The first-order chi connectivity index (χ1) is 15.9. The SMILES string of the molecule is COc1ccc(C=N[C@@H]2[C@H](OC)O[C@@H]3CO[C@H](c4ccccc4)O[C@@H]3[C@H]2OS(C)(=O)=O)cc1. The molecule has 2 aromatic carbocycles. The lowest BCUT2D eigenvalue weighted by Gasteiger charge is -2.47. The van der Waals surface area contributed by atoms with Crippen molar-refractivity contribution in [2.75, 3.05) is 27.1 Å². The molecule has 2 aromatic rings. The maximum absolute atomic E-state index is 12.2. The number of rotatable bonds is 7. The van der Waals surface area contributed by atoms with Crippen molar-refractivity contribution < 1.29 is 36.3 Å². The predicted molar refractivity (Wildman–Crippen MR) is 120 cm³/mol. The van der Waals surface area contributed by atoms with Crippen LogP contribution in [0.5, 0.6) is 5.75 Å². The Labute approximate surface area is 193 Å². The minimum absolute atomic E-state index is 0.183. The number of ether oxygens (including phenoxy) is 5. The van der Waals surface area contributed by atoms with E-state index in [2.05, 4.69) is 4.99 Å². The van der Waals surface area contributed by atoms with Crippen molar-refractivity contribution in [2.24, 2.45) is 4.99 Å². The average molecular weight is 478 g/mol. The van der Waals surface area contributed by atoms with Gasteiger partial charge >= 0.3 is 0 Å². The van der Waals surface area contributed by atoms with Crippen LogP contribution in [0.1, 0.15) is 17.4 Å². The van der Waals surface area contributed by atoms with Crippen molar-refractivity contribution in [3.05, 3.63) is 65.7 Å². The highest BCUT2D eigenvalue weighted by atomic mass is 32.2. The van der Waals surface area contributed by atoms with Gasteiger partial charge in [-0.2, -0.15) is 8.42 Å². The van der Waals surface area contributed by atoms with Gasteiger partial charge < -0.3 is 23.7 Å². The smallest absolute Gasteiger partial charge is 0.264 e. The summed E-state index contributed by atoms with van der Waals surface area (Å²) in [7, 11) is -0.778. The van der Waals surface area contributed by atoms with Gasteiger partial charge in [0.05, 0.1) is 20.0 Å². The van der Waals surface area contributed by atoms with Crippen LogP contribution in [0, 0.1) is 0 Å². The van der Waals surface area contributed by atoms with E-state index in [1.807, 2.05) is 42.5 Å². The molecule has 2 heterocycles. The zero-order valence-electron chi connectivity index (χ0n) is 18.6. The van der Waals surface area contributed by atoms with Gasteiger partial charge in [0.1, 0.15) is 30.1 Å². The largest absolute Gasteiger partial charge is 0.497 e. The minimum Gasteiger partial charge on any atom is -0.497 e. The van der Waals surface area contributed by atoms with Crippen LogP contribution in [-0.2, 0) is 33.2 Å². The molecule has 0 spiro atoms. The van der Waals surface area contributed by atoms with E-state index >= 15 is 0 Å². The van der Waals surface area contributed by atoms with Crippen molar-refractivity contribution in [3.63, 3.8) is 0 Å². The van der Waals surface area contributed by atoms with Crippen LogP contribution in [0.2, 0.25) is 0 Å². The van der Waals surface area contributed by atoms with Crippen molar-refractivity contribution in [3.8, 4) is 5.75 Å². The molecule has 6 atom stereocenters. The zero-order chi connectivity index (χ0) is 23.4. The first-order valence-corrected chi connectivity index (χ1v) is 12.3. The van der Waals surface area contributed by atoms with Crippen molar-refractivity contribution in [1.82, 2.24) is 0 Å². The van der Waals surface area contributed by atoms with E-state index in [0.29, 0.717) is 5.75 Å². The van der Waals surface area contributed by atoms with Gasteiger partial charge in [-0.1, -0.05) is 30.3 Å². The Balaban J connectivity index is 1.63. The molecule has 2 aliphatic rings. The fraction of sp³-hybridized carbons (Fsp3) is 0.435. The van der Waals surface area contributed by atoms with Crippen LogP contribution in [-0.4, -0.2) is 72.4 Å². The molecule has 10 heteroatoms. The highest BCUT2D eigenvalue weighted by Crippen LogP contribution is 2.37. The van der Waals surface area contributed by atoms with E-state index in [4.69, 9.17) is 27.9 Å². The molecule has 0 aliphatic carbocycles. The summed E-state index contributed by atoms with van der Waals surface area (Å²) < 4.78 is 58.5. The van der Waals surface area contributed by atoms with E-state index in [-0.39, 0.29) is 6.61 Å². The number of fused-ring (bicyclic) bond motifs is 1. The lowest BCUT2D eigenvalue weighted by atomic mass is 9.96. The summed E-state index contributed by atoms with van der Waals surface area (Å²) in [6, 6.07) is 15.9. The molecule has 9 nitrogen and oxygen atoms in total. The Morgan fingerprint density at radius 2 is 1.76 bits per heavy atom. The lowest BCUT2D eigenvalue weighted by molar-refractivity contribution is -0.335. The maximum atomic E-state index is 12.2. The van der Waals surface area contributed by atoms with Gasteiger partial charge in [-0.3, -0.25) is 9.18 Å². The molecule has 0 bridgehead atoms. The number of methoxy groups -OCH3 is 2. The standard InChI is InChI=1S/C23H27NO8S/c1-27-17-11-9-15(10-12-17)13-24-19-21(32-33(3,25)26)20-18(30-23(19)28-2)14-29-22(31-20)16-7-5-4-6-8-16/h4-13,18-23H,14H2,1-3H3/t18-,19+,20+,21+,22+,23-/m1/s1. The van der Waals surface area contributed by atoms with Gasteiger partial charge in [0.2, 0.25) is 0 Å². The van der Waals surface area contributed by atoms with Crippen LogP contribution in [0.3, 0.4) is 0 Å². The van der Waals surface area contributed by atoms with E-state index in [1.165, 1.54) is 7.11 Å². The second-order valence-electron chi connectivity index (χ2n) is 7.76. The maximum Gasteiger partial charge on any atom is 0.264 e. The molecule has 0 saturated carbocycles. The molecule has 2 fully saturated rings. The van der Waals surface area contributed by atoms with Crippen LogP contribution in [0.4, 0.5) is 0 Å². The monoisotopic (exact) mass is 477 g/mol. The number of benzene rings is 2. The first kappa shape index (κ1) is 23.8. The number of hydrogen-bond donors (Lipinski definition) is 0. The lowest BCUT2D eigenvalue weighted by Crippen LogP contribution is -2.62. The molecular formula is C23H27NO8S. The van der Waals surface area contributed by atoms with Crippen molar-refractivity contribution >= 4 is 16.3 Å². The Morgan fingerprint density at radius 3 is 2.39 bits per heavy atom. The first-order valence-electron chi connectivity index (χ1n) is 10.4. The van der Waals surface area contributed by atoms with Gasteiger partial charge in [0, 0.05) is 18.9 Å². The molecule has 4 rings (SSSR count). The summed E-state index contributed by atoms with van der Waals surface area (Å²) in [5, 5.41) is 0. The Bertz CT molecular complexity index is 1040. The van der Waals surface area contributed by atoms with Gasteiger partial charge in [-0.25, -0.2) is 0 Å². The second-order valence-corrected chi connectivity index (χ2v) is 9.36. The fourth-order valence-electron chi connectivity index (χ4n) is 3.87. The molecule has 0 radical (unpaired) electrons. The van der Waals surface area contributed by atoms with Crippen LogP contribution in [0.25, 0.3) is 0 Å². The van der Waals surface area contributed by atoms with Crippen molar-refractivity contribution in [1.29, 1.82) is 0 Å². The van der Waals surface area contributed by atoms with Crippen LogP contribution >= 0.6 is 0 Å². The van der Waals surface area contributed by atoms with Gasteiger partial charge in [-0.05, 0) is 29.8 Å². The Morgan fingerprint density at radius 1 is 1.03 bits per heavy atom. The Hall–Kier alpha value is -2.34. The molecule has 0 N–H and O–H groups in total. The molecule has 178 valence electrons. The van der Waals surface area contributed by atoms with E-state index in [9.17, 15) is 8.42 Å². The molecular weight excluding hydrogens is 450 g/mol. The average Bonchev–Trinajstić information content (AvgIpc) is 2.83. The van der Waals surface area contributed by atoms with Gasteiger partial charge in [0.25, 0.3) is 10.1 Å². The zero-order valence-corrected chi connectivity index (χ0v) is 19.4. The summed E-state index contributed by atoms with van der Waals surface area (Å²) in [5.74, 6) is 0.714. The molecule has 0 unspecified atom stereocenters. The third-order valence-corrected chi connectivity index (χ3v) is 5.98. The summed E-state index contributed by atoms with van der Waals surface area (Å²) in [6.45, 7) is 0.183. The highest BCUT2D eigenvalue weighted by Gasteiger charge is 2.52. The number of aliphatic imine (C=N–C) groups is 1. The molecule has 2 aliphatic heterocycles. The molecule has 0 aromatic heterocycles. The number of nitrogens with zero attached hydrogens (tertiary/aromatic N) is 1. The third-order valence-electron chi connectivity index (χ3n) is 5.41.